The highest BCUT2D eigenvalue weighted by Crippen LogP contribution is 2.27. The van der Waals surface area contributed by atoms with Crippen molar-refractivity contribution in [1.29, 1.82) is 0 Å². The van der Waals surface area contributed by atoms with E-state index < -0.39 is 12.1 Å². The van der Waals surface area contributed by atoms with Gasteiger partial charge in [0.25, 0.3) is 0 Å². The summed E-state index contributed by atoms with van der Waals surface area (Å²) in [6.45, 7) is 2.09. The summed E-state index contributed by atoms with van der Waals surface area (Å²) in [6, 6.07) is 0. The largest absolute Gasteiger partial charge is 0.481 e. The van der Waals surface area contributed by atoms with Crippen molar-refractivity contribution in [3.05, 3.63) is 60.8 Å². The molecule has 1 aliphatic rings. The molecule has 0 saturated carbocycles. The Kier molecular flexibility index (Phi) is 11.0. The molecule has 0 fully saturated rings. The van der Waals surface area contributed by atoms with E-state index in [0.29, 0.717) is 19.3 Å². The van der Waals surface area contributed by atoms with Crippen LogP contribution in [0.5, 0.6) is 0 Å². The molecular formula is C22H30O4. The fraction of sp³-hybridized carbons (Fsp3) is 0.455. The highest BCUT2D eigenvalue weighted by atomic mass is 16.4. The van der Waals surface area contributed by atoms with Gasteiger partial charge in [0.15, 0.2) is 5.78 Å². The van der Waals surface area contributed by atoms with Crippen molar-refractivity contribution >= 4 is 11.8 Å². The number of carboxylic acid groups (broad SMARTS) is 1. The van der Waals surface area contributed by atoms with Crippen molar-refractivity contribution in [2.75, 3.05) is 0 Å². The van der Waals surface area contributed by atoms with E-state index in [1.165, 1.54) is 0 Å². The molecule has 26 heavy (non-hydrogen) atoms. The average molecular weight is 358 g/mol. The Morgan fingerprint density at radius 3 is 2.69 bits per heavy atom. The van der Waals surface area contributed by atoms with Gasteiger partial charge in [0, 0.05) is 12.3 Å². The minimum absolute atomic E-state index is 0.0534. The SMILES string of the molecule is CC/C=C\C/C=C\C[C@H](O)/C=C/[C@@H]1C(=O)C=C[C@@H]1C/C=C\CCC(=O)O. The number of aliphatic hydroxyl groups excluding tert-OH is 1. The molecule has 1 aliphatic carbocycles. The van der Waals surface area contributed by atoms with Crippen LogP contribution in [0, 0.1) is 11.8 Å². The van der Waals surface area contributed by atoms with Gasteiger partial charge < -0.3 is 10.2 Å². The molecule has 0 aromatic rings. The first-order chi connectivity index (χ1) is 12.5. The first kappa shape index (κ1) is 21.8. The number of hydrogen-bond donors (Lipinski definition) is 2. The maximum Gasteiger partial charge on any atom is 0.303 e. The number of ketones is 1. The number of allylic oxidation sites excluding steroid dienone is 8. The van der Waals surface area contributed by atoms with E-state index in [-0.39, 0.29) is 24.0 Å². The van der Waals surface area contributed by atoms with E-state index in [2.05, 4.69) is 19.1 Å². The van der Waals surface area contributed by atoms with Crippen molar-refractivity contribution in [2.45, 2.75) is 51.6 Å². The Morgan fingerprint density at radius 1 is 1.19 bits per heavy atom. The fourth-order valence-corrected chi connectivity index (χ4v) is 2.70. The third-order valence-electron chi connectivity index (χ3n) is 4.16. The van der Waals surface area contributed by atoms with Crippen LogP contribution in [0.15, 0.2) is 60.8 Å². The van der Waals surface area contributed by atoms with Crippen LogP contribution in [-0.4, -0.2) is 28.1 Å². The minimum Gasteiger partial charge on any atom is -0.481 e. The summed E-state index contributed by atoms with van der Waals surface area (Å²) in [5.74, 6) is -0.930. The molecular weight excluding hydrogens is 328 g/mol. The molecule has 0 unspecified atom stereocenters. The second kappa shape index (κ2) is 13.1. The number of aliphatic hydroxyl groups is 1. The topological polar surface area (TPSA) is 74.6 Å². The first-order valence-electron chi connectivity index (χ1n) is 9.29. The monoisotopic (exact) mass is 358 g/mol. The molecule has 3 atom stereocenters. The number of aliphatic carboxylic acids is 1. The second-order valence-electron chi connectivity index (χ2n) is 6.37. The Hall–Kier alpha value is -2.20. The zero-order chi connectivity index (χ0) is 19.2. The lowest BCUT2D eigenvalue weighted by atomic mass is 9.90. The molecule has 0 saturated heterocycles. The minimum atomic E-state index is -0.809. The fourth-order valence-electron chi connectivity index (χ4n) is 2.70. The Labute approximate surface area is 156 Å². The summed E-state index contributed by atoms with van der Waals surface area (Å²) in [5.41, 5.74) is 0. The lowest BCUT2D eigenvalue weighted by molar-refractivity contribution is -0.136. The highest BCUT2D eigenvalue weighted by molar-refractivity contribution is 5.95. The molecule has 2 N–H and O–H groups in total. The van der Waals surface area contributed by atoms with Crippen molar-refractivity contribution in [3.8, 4) is 0 Å². The van der Waals surface area contributed by atoms with E-state index in [9.17, 15) is 14.7 Å². The Bertz CT molecular complexity index is 581. The van der Waals surface area contributed by atoms with Gasteiger partial charge in [-0.3, -0.25) is 9.59 Å². The molecule has 0 bridgehead atoms. The normalized spacial score (nSPS) is 21.8. The maximum atomic E-state index is 12.0. The molecule has 0 aromatic heterocycles. The van der Waals surface area contributed by atoms with Gasteiger partial charge in [0.1, 0.15) is 0 Å². The Balaban J connectivity index is 2.41. The van der Waals surface area contributed by atoms with Crippen LogP contribution in [0.2, 0.25) is 0 Å². The van der Waals surface area contributed by atoms with Crippen molar-refractivity contribution < 1.29 is 19.8 Å². The molecule has 1 rings (SSSR count). The molecule has 4 heteroatoms. The summed E-state index contributed by atoms with van der Waals surface area (Å²) >= 11 is 0. The van der Waals surface area contributed by atoms with Crippen LogP contribution in [0.25, 0.3) is 0 Å². The number of carbonyl (C=O) groups excluding carboxylic acids is 1. The Morgan fingerprint density at radius 2 is 1.96 bits per heavy atom. The molecule has 0 spiro atoms. The van der Waals surface area contributed by atoms with Gasteiger partial charge in [0.2, 0.25) is 0 Å². The summed E-state index contributed by atoms with van der Waals surface area (Å²) in [7, 11) is 0. The number of carboxylic acids is 1. The molecule has 4 nitrogen and oxygen atoms in total. The summed E-state index contributed by atoms with van der Waals surface area (Å²) in [4.78, 5) is 22.5. The van der Waals surface area contributed by atoms with Gasteiger partial charge >= 0.3 is 5.97 Å². The standard InChI is InChI=1S/C22H30O4/c1-2-3-4-5-6-9-12-19(23)15-16-20-18(14-17-21(20)24)11-8-7-10-13-22(25)26/h3-4,6-9,14-20,23H,2,5,10-13H2,1H3,(H,25,26)/b4-3-,8-7-,9-6-,16-15+/t18-,19-,20-/m0/s1. The number of carbonyl (C=O) groups is 2. The van der Waals surface area contributed by atoms with Crippen molar-refractivity contribution in [1.82, 2.24) is 0 Å². The average Bonchev–Trinajstić information content (AvgIpc) is 2.95. The van der Waals surface area contributed by atoms with Crippen LogP contribution < -0.4 is 0 Å². The van der Waals surface area contributed by atoms with Gasteiger partial charge in [-0.2, -0.15) is 0 Å². The zero-order valence-electron chi connectivity index (χ0n) is 15.5. The van der Waals surface area contributed by atoms with E-state index >= 15 is 0 Å². The predicted molar refractivity (Wildman–Crippen MR) is 105 cm³/mol. The molecule has 0 heterocycles. The van der Waals surface area contributed by atoms with E-state index in [1.807, 2.05) is 30.4 Å². The third kappa shape index (κ3) is 9.33. The summed E-state index contributed by atoms with van der Waals surface area (Å²) in [5, 5.41) is 18.6. The van der Waals surface area contributed by atoms with Gasteiger partial charge in [-0.05, 0) is 44.1 Å². The lowest BCUT2D eigenvalue weighted by Gasteiger charge is -2.13. The summed E-state index contributed by atoms with van der Waals surface area (Å²) in [6.07, 6.45) is 22.1. The van der Waals surface area contributed by atoms with E-state index in [0.717, 1.165) is 12.8 Å². The van der Waals surface area contributed by atoms with Gasteiger partial charge in [-0.25, -0.2) is 0 Å². The highest BCUT2D eigenvalue weighted by Gasteiger charge is 2.26. The van der Waals surface area contributed by atoms with Crippen molar-refractivity contribution in [3.63, 3.8) is 0 Å². The maximum absolute atomic E-state index is 12.0. The number of rotatable bonds is 12. The molecule has 0 aliphatic heterocycles. The van der Waals surface area contributed by atoms with Crippen LogP contribution in [-0.2, 0) is 9.59 Å². The molecule has 0 aromatic carbocycles. The van der Waals surface area contributed by atoms with Crippen molar-refractivity contribution in [2.24, 2.45) is 11.8 Å². The zero-order valence-corrected chi connectivity index (χ0v) is 15.5. The van der Waals surface area contributed by atoms with Gasteiger partial charge in [0.05, 0.1) is 6.10 Å². The smallest absolute Gasteiger partial charge is 0.303 e. The third-order valence-corrected chi connectivity index (χ3v) is 4.16. The number of hydrogen-bond acceptors (Lipinski definition) is 3. The van der Waals surface area contributed by atoms with Crippen LogP contribution in [0.4, 0.5) is 0 Å². The lowest BCUT2D eigenvalue weighted by Crippen LogP contribution is -2.14. The predicted octanol–water partition coefficient (Wildman–Crippen LogP) is 4.39. The quantitative estimate of drug-likeness (QED) is 0.507. The molecule has 142 valence electrons. The molecule has 0 radical (unpaired) electrons. The van der Waals surface area contributed by atoms with Gasteiger partial charge in [-0.15, -0.1) is 0 Å². The second-order valence-corrected chi connectivity index (χ2v) is 6.37. The van der Waals surface area contributed by atoms with Crippen LogP contribution in [0.1, 0.15) is 45.4 Å². The first-order valence-corrected chi connectivity index (χ1v) is 9.29. The van der Waals surface area contributed by atoms with Crippen LogP contribution >= 0.6 is 0 Å². The van der Waals surface area contributed by atoms with Gasteiger partial charge in [-0.1, -0.05) is 61.6 Å². The van der Waals surface area contributed by atoms with E-state index in [4.69, 9.17) is 5.11 Å². The summed E-state index contributed by atoms with van der Waals surface area (Å²) < 4.78 is 0. The van der Waals surface area contributed by atoms with Crippen LogP contribution in [0.3, 0.4) is 0 Å². The molecule has 0 amide bonds. The van der Waals surface area contributed by atoms with E-state index in [1.54, 1.807) is 18.2 Å².